The number of aromatic nitrogens is 2. The number of nitriles is 1. The molecule has 1 unspecified atom stereocenters. The van der Waals surface area contributed by atoms with Gasteiger partial charge in [-0.05, 0) is 6.92 Å². The fraction of sp³-hybridized carbons (Fsp3) is 0.400. The lowest BCUT2D eigenvalue weighted by atomic mass is 10.2. The molecule has 1 aromatic rings. The van der Waals surface area contributed by atoms with Crippen LogP contribution in [0.5, 0.6) is 0 Å². The summed E-state index contributed by atoms with van der Waals surface area (Å²) in [6.45, 7) is 1.87. The molecule has 0 spiro atoms. The highest BCUT2D eigenvalue weighted by Crippen LogP contribution is 2.10. The molecule has 0 saturated heterocycles. The van der Waals surface area contributed by atoms with Crippen molar-refractivity contribution in [2.24, 2.45) is 0 Å². The lowest BCUT2D eigenvalue weighted by Crippen LogP contribution is -2.30. The van der Waals surface area contributed by atoms with Gasteiger partial charge in [0, 0.05) is 25.5 Å². The predicted octanol–water partition coefficient (Wildman–Crippen LogP) is 0.913. The Kier molecular flexibility index (Phi) is 3.78. The van der Waals surface area contributed by atoms with Gasteiger partial charge in [0.25, 0.3) is 0 Å². The molecule has 0 fully saturated rings. The Labute approximate surface area is 93.2 Å². The standard InChI is InChI=1S/C10H12N4O2/c1-7(3-4-11)14(2)10-12-5-8(6-13-10)9(15)16/h5-7H,3H2,1-2H3,(H,15,16). The first-order valence-electron chi connectivity index (χ1n) is 4.71. The smallest absolute Gasteiger partial charge is 0.338 e. The van der Waals surface area contributed by atoms with Crippen molar-refractivity contribution in [3.63, 3.8) is 0 Å². The van der Waals surface area contributed by atoms with E-state index in [9.17, 15) is 4.79 Å². The van der Waals surface area contributed by atoms with Crippen LogP contribution in [0.15, 0.2) is 12.4 Å². The average molecular weight is 220 g/mol. The van der Waals surface area contributed by atoms with Crippen LogP contribution >= 0.6 is 0 Å². The van der Waals surface area contributed by atoms with E-state index in [1.54, 1.807) is 11.9 Å². The number of hydrogen-bond donors (Lipinski definition) is 1. The van der Waals surface area contributed by atoms with E-state index in [2.05, 4.69) is 16.0 Å². The zero-order valence-electron chi connectivity index (χ0n) is 9.08. The number of aromatic carboxylic acids is 1. The third-order valence-electron chi connectivity index (χ3n) is 2.25. The molecule has 1 atom stereocenters. The normalized spacial score (nSPS) is 11.6. The SMILES string of the molecule is CC(CC#N)N(C)c1ncc(C(=O)O)cn1. The summed E-state index contributed by atoms with van der Waals surface area (Å²) in [6.07, 6.45) is 2.86. The molecule has 6 heteroatoms. The molecule has 0 aliphatic heterocycles. The fourth-order valence-corrected chi connectivity index (χ4v) is 1.08. The molecule has 0 aliphatic rings. The summed E-state index contributed by atoms with van der Waals surface area (Å²) in [5.74, 6) is -0.646. The Bertz CT molecular complexity index is 410. The second-order valence-corrected chi connectivity index (χ2v) is 3.40. The molecule has 0 radical (unpaired) electrons. The molecule has 6 nitrogen and oxygen atoms in total. The summed E-state index contributed by atoms with van der Waals surface area (Å²) in [5, 5.41) is 17.2. The second-order valence-electron chi connectivity index (χ2n) is 3.40. The molecule has 0 amide bonds. The summed E-state index contributed by atoms with van der Waals surface area (Å²) < 4.78 is 0. The summed E-state index contributed by atoms with van der Waals surface area (Å²) >= 11 is 0. The molecule has 1 aromatic heterocycles. The highest BCUT2D eigenvalue weighted by Gasteiger charge is 2.12. The van der Waals surface area contributed by atoms with Gasteiger partial charge in [0.05, 0.1) is 18.1 Å². The first-order chi connectivity index (χ1) is 7.56. The topological polar surface area (TPSA) is 90.1 Å². The van der Waals surface area contributed by atoms with Gasteiger partial charge in [-0.2, -0.15) is 5.26 Å². The number of carboxylic acids is 1. The summed E-state index contributed by atoms with van der Waals surface area (Å²) in [5.41, 5.74) is 0.0464. The van der Waals surface area contributed by atoms with Gasteiger partial charge in [-0.3, -0.25) is 0 Å². The third-order valence-corrected chi connectivity index (χ3v) is 2.25. The van der Waals surface area contributed by atoms with Gasteiger partial charge >= 0.3 is 5.97 Å². The van der Waals surface area contributed by atoms with Gasteiger partial charge < -0.3 is 10.0 Å². The quantitative estimate of drug-likeness (QED) is 0.811. The number of anilines is 1. The van der Waals surface area contributed by atoms with Gasteiger partial charge in [-0.1, -0.05) is 0 Å². The minimum absolute atomic E-state index is 0.0133. The van der Waals surface area contributed by atoms with Gasteiger partial charge in [-0.25, -0.2) is 14.8 Å². The molecular weight excluding hydrogens is 208 g/mol. The van der Waals surface area contributed by atoms with Crippen LogP contribution in [0, 0.1) is 11.3 Å². The number of nitrogens with zero attached hydrogens (tertiary/aromatic N) is 4. The molecule has 1 N–H and O–H groups in total. The van der Waals surface area contributed by atoms with E-state index in [0.29, 0.717) is 12.4 Å². The van der Waals surface area contributed by atoms with Crippen LogP contribution in [0.4, 0.5) is 5.95 Å². The average Bonchev–Trinajstić information content (AvgIpc) is 2.28. The minimum atomic E-state index is -1.06. The van der Waals surface area contributed by atoms with Crippen LogP contribution in [0.2, 0.25) is 0 Å². The molecule has 0 aromatic carbocycles. The number of hydrogen-bond acceptors (Lipinski definition) is 5. The van der Waals surface area contributed by atoms with Gasteiger partial charge in [0.2, 0.25) is 5.95 Å². The Morgan fingerprint density at radius 2 is 2.19 bits per heavy atom. The maximum atomic E-state index is 10.6. The lowest BCUT2D eigenvalue weighted by molar-refractivity contribution is 0.0696. The number of carboxylic acid groups (broad SMARTS) is 1. The second kappa shape index (κ2) is 5.07. The molecule has 1 rings (SSSR count). The maximum absolute atomic E-state index is 10.6. The van der Waals surface area contributed by atoms with Crippen LogP contribution in [0.25, 0.3) is 0 Å². The first kappa shape index (κ1) is 11.9. The van der Waals surface area contributed by atoms with Crippen LogP contribution < -0.4 is 4.90 Å². The molecule has 16 heavy (non-hydrogen) atoms. The number of rotatable bonds is 4. The third kappa shape index (κ3) is 2.67. The maximum Gasteiger partial charge on any atom is 0.338 e. The van der Waals surface area contributed by atoms with Crippen molar-refractivity contribution in [3.05, 3.63) is 18.0 Å². The Hall–Kier alpha value is -2.16. The molecule has 0 bridgehead atoms. The van der Waals surface area contributed by atoms with E-state index in [4.69, 9.17) is 10.4 Å². The van der Waals surface area contributed by atoms with Gasteiger partial charge in [0.15, 0.2) is 0 Å². The number of carbonyl (C=O) groups is 1. The van der Waals surface area contributed by atoms with Gasteiger partial charge in [0.1, 0.15) is 0 Å². The summed E-state index contributed by atoms with van der Waals surface area (Å²) in [4.78, 5) is 20.2. The monoisotopic (exact) mass is 220 g/mol. The van der Waals surface area contributed by atoms with Crippen LogP contribution in [-0.4, -0.2) is 34.1 Å². The van der Waals surface area contributed by atoms with Crippen molar-refractivity contribution in [2.45, 2.75) is 19.4 Å². The summed E-state index contributed by atoms with van der Waals surface area (Å²) in [6, 6.07) is 2.04. The van der Waals surface area contributed by atoms with Crippen molar-refractivity contribution in [1.29, 1.82) is 5.26 Å². The van der Waals surface area contributed by atoms with E-state index in [0.717, 1.165) is 0 Å². The molecular formula is C10H12N4O2. The lowest BCUT2D eigenvalue weighted by Gasteiger charge is -2.22. The van der Waals surface area contributed by atoms with Gasteiger partial charge in [-0.15, -0.1) is 0 Å². The van der Waals surface area contributed by atoms with E-state index < -0.39 is 5.97 Å². The van der Waals surface area contributed by atoms with Crippen molar-refractivity contribution >= 4 is 11.9 Å². The van der Waals surface area contributed by atoms with Crippen molar-refractivity contribution < 1.29 is 9.90 Å². The Balaban J connectivity index is 2.82. The Morgan fingerprint density at radius 1 is 1.62 bits per heavy atom. The highest BCUT2D eigenvalue weighted by atomic mass is 16.4. The van der Waals surface area contributed by atoms with E-state index >= 15 is 0 Å². The molecule has 0 aliphatic carbocycles. The zero-order chi connectivity index (χ0) is 12.1. The first-order valence-corrected chi connectivity index (χ1v) is 4.71. The van der Waals surface area contributed by atoms with Crippen molar-refractivity contribution in [3.8, 4) is 6.07 Å². The molecule has 1 heterocycles. The zero-order valence-corrected chi connectivity index (χ0v) is 9.08. The van der Waals surface area contributed by atoms with Crippen LogP contribution in [0.3, 0.4) is 0 Å². The minimum Gasteiger partial charge on any atom is -0.478 e. The summed E-state index contributed by atoms with van der Waals surface area (Å²) in [7, 11) is 1.76. The van der Waals surface area contributed by atoms with E-state index in [1.807, 2.05) is 6.92 Å². The predicted molar refractivity (Wildman–Crippen MR) is 57.1 cm³/mol. The molecule has 0 saturated carbocycles. The Morgan fingerprint density at radius 3 is 2.62 bits per heavy atom. The van der Waals surface area contributed by atoms with Crippen LogP contribution in [0.1, 0.15) is 23.7 Å². The van der Waals surface area contributed by atoms with E-state index in [-0.39, 0.29) is 11.6 Å². The van der Waals surface area contributed by atoms with Crippen molar-refractivity contribution in [1.82, 2.24) is 9.97 Å². The van der Waals surface area contributed by atoms with E-state index in [1.165, 1.54) is 12.4 Å². The molecule has 84 valence electrons. The van der Waals surface area contributed by atoms with Crippen LogP contribution in [-0.2, 0) is 0 Å². The fourth-order valence-electron chi connectivity index (χ4n) is 1.08. The highest BCUT2D eigenvalue weighted by molar-refractivity contribution is 5.86. The largest absolute Gasteiger partial charge is 0.478 e. The van der Waals surface area contributed by atoms with Crippen molar-refractivity contribution in [2.75, 3.05) is 11.9 Å².